The van der Waals surface area contributed by atoms with E-state index in [1.807, 2.05) is 0 Å². The second kappa shape index (κ2) is 6.09. The Morgan fingerprint density at radius 2 is 1.83 bits per heavy atom. The molecule has 0 atom stereocenters. The summed E-state index contributed by atoms with van der Waals surface area (Å²) in [6.45, 7) is 4.73. The number of rotatable bonds is 5. The average molecular weight is 272 g/mol. The van der Waals surface area contributed by atoms with E-state index in [1.165, 1.54) is 12.1 Å². The van der Waals surface area contributed by atoms with E-state index >= 15 is 0 Å². The molecule has 18 heavy (non-hydrogen) atoms. The lowest BCUT2D eigenvalue weighted by Crippen LogP contribution is -2.23. The minimum absolute atomic E-state index is 0.0100. The van der Waals surface area contributed by atoms with Gasteiger partial charge >= 0.3 is 0 Å². The maximum atomic E-state index is 13.8. The van der Waals surface area contributed by atoms with Crippen LogP contribution in [0.25, 0.3) is 0 Å². The van der Waals surface area contributed by atoms with Crippen LogP contribution < -0.4 is 10.6 Å². The standard InChI is InChI=1S/C13H18F2N2S/c1-8(2)4-5-17(3)12-10(14)6-9(13(16)18)7-11(12)15/h6-8H,4-5H2,1-3H3,(H2,16,18). The first-order valence-corrected chi connectivity index (χ1v) is 6.23. The van der Waals surface area contributed by atoms with Crippen molar-refractivity contribution in [1.82, 2.24) is 0 Å². The molecule has 5 heteroatoms. The molecule has 0 aliphatic carbocycles. The van der Waals surface area contributed by atoms with E-state index in [0.717, 1.165) is 6.42 Å². The van der Waals surface area contributed by atoms with E-state index in [2.05, 4.69) is 13.8 Å². The maximum absolute atomic E-state index is 13.8. The van der Waals surface area contributed by atoms with Crippen molar-refractivity contribution in [2.75, 3.05) is 18.5 Å². The third-order valence-corrected chi connectivity index (χ3v) is 2.96. The summed E-state index contributed by atoms with van der Waals surface area (Å²) in [6.07, 6.45) is 0.867. The molecule has 0 aliphatic heterocycles. The van der Waals surface area contributed by atoms with Gasteiger partial charge < -0.3 is 10.6 Å². The van der Waals surface area contributed by atoms with Gasteiger partial charge in [-0.15, -0.1) is 0 Å². The van der Waals surface area contributed by atoms with Crippen LogP contribution in [-0.4, -0.2) is 18.6 Å². The molecule has 1 aromatic carbocycles. The molecule has 0 unspecified atom stereocenters. The zero-order valence-electron chi connectivity index (χ0n) is 10.8. The fraction of sp³-hybridized carbons (Fsp3) is 0.462. The third-order valence-electron chi connectivity index (χ3n) is 2.72. The van der Waals surface area contributed by atoms with E-state index in [0.29, 0.717) is 12.5 Å². The van der Waals surface area contributed by atoms with Crippen LogP contribution in [0.2, 0.25) is 0 Å². The van der Waals surface area contributed by atoms with E-state index in [1.54, 1.807) is 11.9 Å². The first kappa shape index (κ1) is 14.8. The fourth-order valence-corrected chi connectivity index (χ4v) is 1.75. The van der Waals surface area contributed by atoms with E-state index in [-0.39, 0.29) is 16.2 Å². The van der Waals surface area contributed by atoms with E-state index < -0.39 is 11.6 Å². The Labute approximate surface area is 112 Å². The molecular weight excluding hydrogens is 254 g/mol. The van der Waals surface area contributed by atoms with Crippen LogP contribution in [0.4, 0.5) is 14.5 Å². The van der Waals surface area contributed by atoms with Crippen molar-refractivity contribution in [2.24, 2.45) is 11.7 Å². The molecule has 2 N–H and O–H groups in total. The molecule has 0 saturated heterocycles. The molecule has 0 radical (unpaired) electrons. The molecular formula is C13H18F2N2S. The predicted molar refractivity (Wildman–Crippen MR) is 75.0 cm³/mol. The molecule has 100 valence electrons. The molecule has 0 amide bonds. The number of anilines is 1. The number of nitrogens with two attached hydrogens (primary N) is 1. The maximum Gasteiger partial charge on any atom is 0.150 e. The fourth-order valence-electron chi connectivity index (χ4n) is 1.64. The van der Waals surface area contributed by atoms with Crippen LogP contribution in [0.5, 0.6) is 0 Å². The van der Waals surface area contributed by atoms with Gasteiger partial charge in [-0.05, 0) is 24.5 Å². The highest BCUT2D eigenvalue weighted by atomic mass is 32.1. The normalized spacial score (nSPS) is 10.8. The number of thiocarbonyl (C=S) groups is 1. The van der Waals surface area contributed by atoms with Crippen LogP contribution in [0.1, 0.15) is 25.8 Å². The lowest BCUT2D eigenvalue weighted by molar-refractivity contribution is 0.552. The van der Waals surface area contributed by atoms with Crippen molar-refractivity contribution in [3.63, 3.8) is 0 Å². The Hall–Kier alpha value is -1.23. The van der Waals surface area contributed by atoms with Gasteiger partial charge in [0.05, 0.1) is 0 Å². The lowest BCUT2D eigenvalue weighted by Gasteiger charge is -2.22. The van der Waals surface area contributed by atoms with Crippen molar-refractivity contribution in [2.45, 2.75) is 20.3 Å². The minimum Gasteiger partial charge on any atom is -0.389 e. The summed E-state index contributed by atoms with van der Waals surface area (Å²) >= 11 is 4.71. The lowest BCUT2D eigenvalue weighted by atomic mass is 10.1. The summed E-state index contributed by atoms with van der Waals surface area (Å²) in [5.41, 5.74) is 5.54. The average Bonchev–Trinajstić information content (AvgIpc) is 2.25. The first-order valence-electron chi connectivity index (χ1n) is 5.83. The first-order chi connectivity index (χ1) is 8.32. The highest BCUT2D eigenvalue weighted by Crippen LogP contribution is 2.24. The number of hydrogen-bond acceptors (Lipinski definition) is 2. The van der Waals surface area contributed by atoms with Crippen molar-refractivity contribution in [3.05, 3.63) is 29.3 Å². The SMILES string of the molecule is CC(C)CCN(C)c1c(F)cc(C(N)=S)cc1F. The summed E-state index contributed by atoms with van der Waals surface area (Å²) in [5, 5.41) is 0. The van der Waals surface area contributed by atoms with Gasteiger partial charge in [-0.25, -0.2) is 8.78 Å². The Morgan fingerprint density at radius 3 is 2.22 bits per heavy atom. The molecule has 1 rings (SSSR count). The number of benzene rings is 1. The smallest absolute Gasteiger partial charge is 0.150 e. The summed E-state index contributed by atoms with van der Waals surface area (Å²) in [6, 6.07) is 2.35. The number of halogens is 2. The molecule has 2 nitrogen and oxygen atoms in total. The van der Waals surface area contributed by atoms with Gasteiger partial charge in [0, 0.05) is 19.2 Å². The molecule has 0 heterocycles. The minimum atomic E-state index is -0.635. The Balaban J connectivity index is 2.99. The van der Waals surface area contributed by atoms with Gasteiger partial charge in [0.25, 0.3) is 0 Å². The molecule has 0 aromatic heterocycles. The Morgan fingerprint density at radius 1 is 1.33 bits per heavy atom. The Bertz CT molecular complexity index is 424. The van der Waals surface area contributed by atoms with Crippen LogP contribution in [0.15, 0.2) is 12.1 Å². The van der Waals surface area contributed by atoms with Crippen LogP contribution in [0.3, 0.4) is 0 Å². The van der Waals surface area contributed by atoms with Gasteiger partial charge in [0.15, 0.2) is 0 Å². The summed E-state index contributed by atoms with van der Waals surface area (Å²) in [7, 11) is 1.67. The monoisotopic (exact) mass is 272 g/mol. The largest absolute Gasteiger partial charge is 0.389 e. The topological polar surface area (TPSA) is 29.3 Å². The number of nitrogens with zero attached hydrogens (tertiary/aromatic N) is 1. The van der Waals surface area contributed by atoms with E-state index in [9.17, 15) is 8.78 Å². The summed E-state index contributed by atoms with van der Waals surface area (Å²) in [4.78, 5) is 1.57. The molecule has 1 aromatic rings. The van der Waals surface area contributed by atoms with Crippen molar-refractivity contribution in [3.8, 4) is 0 Å². The van der Waals surface area contributed by atoms with Crippen molar-refractivity contribution >= 4 is 22.9 Å². The highest BCUT2D eigenvalue weighted by molar-refractivity contribution is 7.80. The van der Waals surface area contributed by atoms with Crippen LogP contribution in [-0.2, 0) is 0 Å². The van der Waals surface area contributed by atoms with Gasteiger partial charge in [-0.3, -0.25) is 0 Å². The van der Waals surface area contributed by atoms with Gasteiger partial charge in [0.2, 0.25) is 0 Å². The highest BCUT2D eigenvalue weighted by Gasteiger charge is 2.16. The zero-order valence-corrected chi connectivity index (χ0v) is 11.7. The second-order valence-corrected chi connectivity index (χ2v) is 5.20. The van der Waals surface area contributed by atoms with Crippen molar-refractivity contribution < 1.29 is 8.78 Å². The van der Waals surface area contributed by atoms with Gasteiger partial charge in [-0.1, -0.05) is 26.1 Å². The van der Waals surface area contributed by atoms with Gasteiger partial charge in [0.1, 0.15) is 22.3 Å². The zero-order chi connectivity index (χ0) is 13.9. The quantitative estimate of drug-likeness (QED) is 0.835. The van der Waals surface area contributed by atoms with Crippen molar-refractivity contribution in [1.29, 1.82) is 0 Å². The Kier molecular flexibility index (Phi) is 5.02. The van der Waals surface area contributed by atoms with E-state index in [4.69, 9.17) is 18.0 Å². The summed E-state index contributed by atoms with van der Waals surface area (Å²) < 4.78 is 27.7. The van der Waals surface area contributed by atoms with Gasteiger partial charge in [-0.2, -0.15) is 0 Å². The molecule has 0 spiro atoms. The predicted octanol–water partition coefficient (Wildman–Crippen LogP) is 3.08. The summed E-state index contributed by atoms with van der Waals surface area (Å²) in [5.74, 6) is -0.789. The number of hydrogen-bond donors (Lipinski definition) is 1. The molecule has 0 saturated carbocycles. The molecule has 0 bridgehead atoms. The van der Waals surface area contributed by atoms with Crippen LogP contribution in [0, 0.1) is 17.6 Å². The van der Waals surface area contributed by atoms with Crippen LogP contribution >= 0.6 is 12.2 Å². The second-order valence-electron chi connectivity index (χ2n) is 4.76. The molecule has 0 fully saturated rings. The third kappa shape index (κ3) is 3.63. The molecule has 0 aliphatic rings.